The van der Waals surface area contributed by atoms with Gasteiger partial charge in [0.15, 0.2) is 17.1 Å². The Labute approximate surface area is 205 Å². The molecule has 186 valence electrons. The lowest BCUT2D eigenvalue weighted by Crippen LogP contribution is -2.29. The summed E-state index contributed by atoms with van der Waals surface area (Å²) in [4.78, 5) is 39.9. The molecular formula is C24H24N6O6. The third kappa shape index (κ3) is 5.32. The zero-order valence-electron chi connectivity index (χ0n) is 19.7. The maximum Gasteiger partial charge on any atom is 0.269 e. The number of carbonyl (C=O) groups is 1. The van der Waals surface area contributed by atoms with Crippen LogP contribution in [0, 0.1) is 10.1 Å². The van der Waals surface area contributed by atoms with Crippen molar-refractivity contribution in [1.82, 2.24) is 24.6 Å². The lowest BCUT2D eigenvalue weighted by molar-refractivity contribution is -0.384. The molecule has 0 atom stereocenters. The zero-order chi connectivity index (χ0) is 25.7. The Bertz CT molecular complexity index is 1460. The summed E-state index contributed by atoms with van der Waals surface area (Å²) in [5.41, 5.74) is 1.63. The number of fused-ring (bicyclic) bond motifs is 1. The van der Waals surface area contributed by atoms with Gasteiger partial charge in [0, 0.05) is 18.7 Å². The van der Waals surface area contributed by atoms with Crippen LogP contribution in [0.3, 0.4) is 0 Å². The van der Waals surface area contributed by atoms with Crippen molar-refractivity contribution in [3.05, 3.63) is 86.6 Å². The molecule has 36 heavy (non-hydrogen) atoms. The summed E-state index contributed by atoms with van der Waals surface area (Å²) in [6, 6.07) is 11.3. The molecule has 0 bridgehead atoms. The number of methoxy groups -OCH3 is 2. The maximum atomic E-state index is 12.9. The number of nitrogens with zero attached hydrogens (tertiary/aromatic N) is 5. The van der Waals surface area contributed by atoms with E-state index in [-0.39, 0.29) is 30.1 Å². The quantitative estimate of drug-likeness (QED) is 0.261. The van der Waals surface area contributed by atoms with E-state index in [9.17, 15) is 19.7 Å². The fraction of sp³-hybridized carbons (Fsp3) is 0.250. The number of nitro groups is 1. The molecule has 12 heteroatoms. The number of hydrogen-bond donors (Lipinski definition) is 1. The Morgan fingerprint density at radius 1 is 1.08 bits per heavy atom. The SMILES string of the molecule is COc1ccc(CC(=O)NCCn2ncc3c(=O)n(Cc4ccc([N+](=O)[O-])cc4)cnc32)cc1OC. The molecule has 0 saturated heterocycles. The van der Waals surface area contributed by atoms with Crippen LogP contribution in [0.1, 0.15) is 11.1 Å². The van der Waals surface area contributed by atoms with Crippen molar-refractivity contribution in [3.63, 3.8) is 0 Å². The van der Waals surface area contributed by atoms with Crippen molar-refractivity contribution in [2.45, 2.75) is 19.5 Å². The highest BCUT2D eigenvalue weighted by atomic mass is 16.6. The van der Waals surface area contributed by atoms with E-state index in [2.05, 4.69) is 15.4 Å². The van der Waals surface area contributed by atoms with Crippen LogP contribution in [-0.4, -0.2) is 50.9 Å². The Balaban J connectivity index is 1.37. The average Bonchev–Trinajstić information content (AvgIpc) is 3.29. The Kier molecular flexibility index (Phi) is 7.23. The molecular weight excluding hydrogens is 468 g/mol. The predicted octanol–water partition coefficient (Wildman–Crippen LogP) is 1.93. The van der Waals surface area contributed by atoms with Gasteiger partial charge in [0.2, 0.25) is 5.91 Å². The molecule has 0 radical (unpaired) electrons. The van der Waals surface area contributed by atoms with Crippen LogP contribution in [0.5, 0.6) is 11.5 Å². The first kappa shape index (κ1) is 24.4. The Morgan fingerprint density at radius 3 is 2.50 bits per heavy atom. The molecule has 0 saturated carbocycles. The summed E-state index contributed by atoms with van der Waals surface area (Å²) in [5.74, 6) is 0.972. The van der Waals surface area contributed by atoms with E-state index >= 15 is 0 Å². The molecule has 12 nitrogen and oxygen atoms in total. The highest BCUT2D eigenvalue weighted by Crippen LogP contribution is 2.27. The van der Waals surface area contributed by atoms with Crippen molar-refractivity contribution >= 4 is 22.6 Å². The molecule has 0 spiro atoms. The summed E-state index contributed by atoms with van der Waals surface area (Å²) in [6.07, 6.45) is 3.04. The van der Waals surface area contributed by atoms with Gasteiger partial charge < -0.3 is 14.8 Å². The number of benzene rings is 2. The molecule has 1 N–H and O–H groups in total. The van der Waals surface area contributed by atoms with E-state index in [1.165, 1.54) is 36.3 Å². The number of amides is 1. The molecule has 0 aliphatic rings. The maximum absolute atomic E-state index is 12.9. The van der Waals surface area contributed by atoms with Crippen LogP contribution in [0.2, 0.25) is 0 Å². The van der Waals surface area contributed by atoms with Gasteiger partial charge in [-0.3, -0.25) is 24.3 Å². The summed E-state index contributed by atoms with van der Waals surface area (Å²) in [5, 5.41) is 18.2. The number of hydrogen-bond acceptors (Lipinski definition) is 8. The first-order chi connectivity index (χ1) is 17.4. The van der Waals surface area contributed by atoms with Crippen molar-refractivity contribution < 1.29 is 19.2 Å². The molecule has 0 aliphatic carbocycles. The fourth-order valence-corrected chi connectivity index (χ4v) is 3.73. The number of ether oxygens (including phenoxy) is 2. The molecule has 0 unspecified atom stereocenters. The van der Waals surface area contributed by atoms with Gasteiger partial charge in [-0.1, -0.05) is 18.2 Å². The van der Waals surface area contributed by atoms with E-state index in [4.69, 9.17) is 9.47 Å². The molecule has 4 rings (SSSR count). The number of rotatable bonds is 10. The standard InChI is InChI=1S/C24H24N6O6/c1-35-20-8-5-17(11-21(20)36-2)12-22(31)25-9-10-29-23-19(13-27-29)24(32)28(15-26-23)14-16-3-6-18(7-4-16)30(33)34/h3-8,11,13,15H,9-10,12,14H2,1-2H3,(H,25,31). The van der Waals surface area contributed by atoms with Gasteiger partial charge in [-0.15, -0.1) is 0 Å². The first-order valence-corrected chi connectivity index (χ1v) is 11.0. The summed E-state index contributed by atoms with van der Waals surface area (Å²) in [6.45, 7) is 0.855. The number of nitrogens with one attached hydrogen (secondary N) is 1. The van der Waals surface area contributed by atoms with Gasteiger partial charge in [0.1, 0.15) is 11.7 Å². The van der Waals surface area contributed by atoms with Crippen LogP contribution in [0.25, 0.3) is 11.0 Å². The minimum absolute atomic E-state index is 0.0169. The topological polar surface area (TPSA) is 143 Å². The minimum Gasteiger partial charge on any atom is -0.493 e. The van der Waals surface area contributed by atoms with Crippen molar-refractivity contribution in [2.75, 3.05) is 20.8 Å². The minimum atomic E-state index is -0.476. The van der Waals surface area contributed by atoms with Crippen LogP contribution >= 0.6 is 0 Å². The second-order valence-corrected chi connectivity index (χ2v) is 7.92. The normalized spacial score (nSPS) is 10.8. The van der Waals surface area contributed by atoms with E-state index in [1.807, 2.05) is 0 Å². The number of aromatic nitrogens is 4. The van der Waals surface area contributed by atoms with Crippen LogP contribution in [-0.2, 0) is 24.3 Å². The fourth-order valence-electron chi connectivity index (χ4n) is 3.73. The second-order valence-electron chi connectivity index (χ2n) is 7.92. The smallest absolute Gasteiger partial charge is 0.269 e. The molecule has 4 aromatic rings. The number of non-ortho nitro benzene ring substituents is 1. The molecule has 2 heterocycles. The first-order valence-electron chi connectivity index (χ1n) is 11.0. The van der Waals surface area contributed by atoms with Gasteiger partial charge in [0.25, 0.3) is 11.2 Å². The summed E-state index contributed by atoms with van der Waals surface area (Å²) >= 11 is 0. The van der Waals surface area contributed by atoms with Gasteiger partial charge in [0.05, 0.1) is 44.9 Å². The van der Waals surface area contributed by atoms with Crippen molar-refractivity contribution in [2.24, 2.45) is 0 Å². The van der Waals surface area contributed by atoms with E-state index < -0.39 is 4.92 Å². The highest BCUT2D eigenvalue weighted by molar-refractivity contribution is 5.78. The monoisotopic (exact) mass is 492 g/mol. The van der Waals surface area contributed by atoms with Gasteiger partial charge >= 0.3 is 0 Å². The van der Waals surface area contributed by atoms with Crippen LogP contribution in [0.4, 0.5) is 5.69 Å². The molecule has 2 aromatic heterocycles. The average molecular weight is 492 g/mol. The number of carbonyl (C=O) groups excluding carboxylic acids is 1. The van der Waals surface area contributed by atoms with Gasteiger partial charge in [-0.05, 0) is 23.3 Å². The summed E-state index contributed by atoms with van der Waals surface area (Å²) < 4.78 is 13.5. The van der Waals surface area contributed by atoms with E-state index in [0.29, 0.717) is 35.6 Å². The molecule has 1 amide bonds. The van der Waals surface area contributed by atoms with E-state index in [0.717, 1.165) is 11.1 Å². The lowest BCUT2D eigenvalue weighted by atomic mass is 10.1. The molecule has 0 fully saturated rings. The van der Waals surface area contributed by atoms with E-state index in [1.54, 1.807) is 42.1 Å². The third-order valence-corrected chi connectivity index (χ3v) is 5.58. The van der Waals surface area contributed by atoms with Crippen molar-refractivity contribution in [1.29, 1.82) is 0 Å². The summed E-state index contributed by atoms with van der Waals surface area (Å²) in [7, 11) is 3.08. The van der Waals surface area contributed by atoms with Crippen molar-refractivity contribution in [3.8, 4) is 11.5 Å². The number of nitro benzene ring substituents is 1. The van der Waals surface area contributed by atoms with Crippen LogP contribution in [0.15, 0.2) is 59.8 Å². The molecule has 2 aromatic carbocycles. The largest absolute Gasteiger partial charge is 0.493 e. The lowest BCUT2D eigenvalue weighted by Gasteiger charge is -2.10. The third-order valence-electron chi connectivity index (χ3n) is 5.58. The second kappa shape index (κ2) is 10.7. The zero-order valence-corrected chi connectivity index (χ0v) is 19.7. The van der Waals surface area contributed by atoms with Crippen LogP contribution < -0.4 is 20.3 Å². The van der Waals surface area contributed by atoms with Gasteiger partial charge in [-0.25, -0.2) is 9.67 Å². The van der Waals surface area contributed by atoms with Gasteiger partial charge in [-0.2, -0.15) is 5.10 Å². The molecule has 0 aliphatic heterocycles. The Hall–Kier alpha value is -4.74. The predicted molar refractivity (Wildman–Crippen MR) is 130 cm³/mol. The Morgan fingerprint density at radius 2 is 1.81 bits per heavy atom. The highest BCUT2D eigenvalue weighted by Gasteiger charge is 2.12.